The molecule has 0 aliphatic carbocycles. The van der Waals surface area contributed by atoms with E-state index in [0.29, 0.717) is 0 Å². The van der Waals surface area contributed by atoms with Gasteiger partial charge in [-0.1, -0.05) is 0 Å². The van der Waals surface area contributed by atoms with Crippen LogP contribution in [-0.2, 0) is 22.4 Å². The van der Waals surface area contributed by atoms with Gasteiger partial charge in [0.2, 0.25) is 0 Å². The van der Waals surface area contributed by atoms with Crippen molar-refractivity contribution in [1.29, 1.82) is 0 Å². The molecule has 0 spiro atoms. The van der Waals surface area contributed by atoms with Gasteiger partial charge in [0.15, 0.2) is 0 Å². The molecule has 0 saturated carbocycles. The molecule has 1 aromatic heterocycles. The van der Waals surface area contributed by atoms with Crippen LogP contribution < -0.4 is 0 Å². The summed E-state index contributed by atoms with van der Waals surface area (Å²) < 4.78 is 5.54. The van der Waals surface area contributed by atoms with Gasteiger partial charge in [0.1, 0.15) is 0 Å². The van der Waals surface area contributed by atoms with E-state index in [1.807, 2.05) is 6.92 Å². The molecule has 0 bridgehead atoms. The Kier molecular flexibility index (Phi) is 3.56. The molecule has 2 rings (SSSR count). The minimum atomic E-state index is -0.796. The van der Waals surface area contributed by atoms with Crippen molar-refractivity contribution in [2.24, 2.45) is 0 Å². The number of aryl methyl sites for hydroxylation is 1. The Bertz CT molecular complexity index is 383. The van der Waals surface area contributed by atoms with Crippen molar-refractivity contribution in [3.63, 3.8) is 0 Å². The number of carboxylic acids is 1. The summed E-state index contributed by atoms with van der Waals surface area (Å²) in [7, 11) is 0. The zero-order valence-electron chi connectivity index (χ0n) is 9.23. The Labute approximate surface area is 98.3 Å². The molecule has 1 aliphatic heterocycles. The average Bonchev–Trinajstić information content (AvgIpc) is 2.78. The summed E-state index contributed by atoms with van der Waals surface area (Å²) in [5.41, 5.74) is 0.848. The van der Waals surface area contributed by atoms with Gasteiger partial charge >= 0.3 is 5.97 Å². The Morgan fingerprint density at radius 2 is 2.50 bits per heavy atom. The second-order valence-electron chi connectivity index (χ2n) is 4.03. The maximum atomic E-state index is 10.6. The molecule has 5 heteroatoms. The van der Waals surface area contributed by atoms with Gasteiger partial charge in [-0.25, -0.2) is 4.98 Å². The molecule has 2 heterocycles. The van der Waals surface area contributed by atoms with Crippen LogP contribution in [0.2, 0.25) is 0 Å². The van der Waals surface area contributed by atoms with Gasteiger partial charge in [-0.2, -0.15) is 0 Å². The van der Waals surface area contributed by atoms with Gasteiger partial charge in [0.25, 0.3) is 0 Å². The predicted molar refractivity (Wildman–Crippen MR) is 60.9 cm³/mol. The smallest absolute Gasteiger partial charge is 0.308 e. The number of thiazole rings is 1. The van der Waals surface area contributed by atoms with Crippen LogP contribution in [0.3, 0.4) is 0 Å². The molecule has 1 unspecified atom stereocenters. The van der Waals surface area contributed by atoms with Gasteiger partial charge in [-0.3, -0.25) is 4.79 Å². The van der Waals surface area contributed by atoms with Crippen LogP contribution in [0.15, 0.2) is 0 Å². The Balaban J connectivity index is 2.01. The van der Waals surface area contributed by atoms with E-state index >= 15 is 0 Å². The first-order chi connectivity index (χ1) is 7.65. The number of aliphatic carboxylic acids is 1. The first-order valence-electron chi connectivity index (χ1n) is 5.43. The second-order valence-corrected chi connectivity index (χ2v) is 5.19. The highest BCUT2D eigenvalue weighted by molar-refractivity contribution is 7.11. The fourth-order valence-corrected chi connectivity index (χ4v) is 3.00. The summed E-state index contributed by atoms with van der Waals surface area (Å²) in [6.07, 6.45) is 3.40. The van der Waals surface area contributed by atoms with Gasteiger partial charge < -0.3 is 9.84 Å². The zero-order valence-corrected chi connectivity index (χ0v) is 10.0. The third-order valence-electron chi connectivity index (χ3n) is 2.68. The first kappa shape index (κ1) is 11.5. The van der Waals surface area contributed by atoms with Gasteiger partial charge in [0.05, 0.1) is 23.2 Å². The average molecular weight is 241 g/mol. The molecule has 1 aliphatic rings. The second kappa shape index (κ2) is 4.93. The van der Waals surface area contributed by atoms with Crippen LogP contribution in [-0.4, -0.2) is 28.8 Å². The van der Waals surface area contributed by atoms with Crippen LogP contribution in [0.25, 0.3) is 0 Å². The lowest BCUT2D eigenvalue weighted by atomic mass is 10.2. The summed E-state index contributed by atoms with van der Waals surface area (Å²) in [6.45, 7) is 2.71. The van der Waals surface area contributed by atoms with Crippen molar-refractivity contribution in [2.45, 2.75) is 38.7 Å². The summed E-state index contributed by atoms with van der Waals surface area (Å²) in [5.74, 6) is -0.796. The number of carbonyl (C=O) groups is 1. The molecule has 1 fully saturated rings. The molecule has 88 valence electrons. The summed E-state index contributed by atoms with van der Waals surface area (Å²) >= 11 is 1.50. The normalized spacial score (nSPS) is 20.2. The van der Waals surface area contributed by atoms with Crippen LogP contribution in [0, 0.1) is 6.92 Å². The lowest BCUT2D eigenvalue weighted by Crippen LogP contribution is -2.08. The van der Waals surface area contributed by atoms with E-state index in [2.05, 4.69) is 4.98 Å². The minimum Gasteiger partial charge on any atom is -0.481 e. The van der Waals surface area contributed by atoms with Crippen LogP contribution in [0.1, 0.15) is 28.4 Å². The third kappa shape index (κ3) is 2.80. The van der Waals surface area contributed by atoms with E-state index < -0.39 is 5.97 Å². The maximum absolute atomic E-state index is 10.6. The Morgan fingerprint density at radius 3 is 3.12 bits per heavy atom. The zero-order chi connectivity index (χ0) is 11.5. The number of ether oxygens (including phenoxy) is 1. The molecule has 0 radical (unpaired) electrons. The van der Waals surface area contributed by atoms with E-state index in [1.165, 1.54) is 11.3 Å². The fraction of sp³-hybridized carbons (Fsp3) is 0.636. The monoisotopic (exact) mass is 241 g/mol. The highest BCUT2D eigenvalue weighted by atomic mass is 32.1. The lowest BCUT2D eigenvalue weighted by Gasteiger charge is -2.05. The maximum Gasteiger partial charge on any atom is 0.308 e. The Hall–Kier alpha value is -0.940. The number of hydrogen-bond donors (Lipinski definition) is 1. The van der Waals surface area contributed by atoms with Crippen molar-refractivity contribution < 1.29 is 14.6 Å². The Morgan fingerprint density at radius 1 is 1.69 bits per heavy atom. The number of nitrogens with zero attached hydrogens (tertiary/aromatic N) is 1. The van der Waals surface area contributed by atoms with E-state index in [1.54, 1.807) is 0 Å². The SMILES string of the molecule is Cc1nc(CC2CCCO2)sc1CC(=O)O. The number of aromatic nitrogens is 1. The molecule has 0 aromatic carbocycles. The molecule has 1 atom stereocenters. The predicted octanol–water partition coefficient (Wildman–Crippen LogP) is 1.80. The van der Waals surface area contributed by atoms with Crippen LogP contribution in [0.4, 0.5) is 0 Å². The molecular formula is C11H15NO3S. The summed E-state index contributed by atoms with van der Waals surface area (Å²) in [4.78, 5) is 15.9. The third-order valence-corrected chi connectivity index (χ3v) is 3.85. The van der Waals surface area contributed by atoms with E-state index in [9.17, 15) is 4.79 Å². The van der Waals surface area contributed by atoms with E-state index in [4.69, 9.17) is 9.84 Å². The van der Waals surface area contributed by atoms with Crippen molar-refractivity contribution in [3.8, 4) is 0 Å². The van der Waals surface area contributed by atoms with Crippen LogP contribution in [0.5, 0.6) is 0 Å². The van der Waals surface area contributed by atoms with Gasteiger partial charge in [-0.05, 0) is 19.8 Å². The van der Waals surface area contributed by atoms with Crippen molar-refractivity contribution in [1.82, 2.24) is 4.98 Å². The van der Waals surface area contributed by atoms with Crippen molar-refractivity contribution in [2.75, 3.05) is 6.61 Å². The number of carboxylic acid groups (broad SMARTS) is 1. The fourth-order valence-electron chi connectivity index (χ4n) is 1.88. The van der Waals surface area contributed by atoms with Gasteiger partial charge in [-0.15, -0.1) is 11.3 Å². The molecule has 4 nitrogen and oxygen atoms in total. The molecule has 1 saturated heterocycles. The minimum absolute atomic E-state index is 0.0784. The summed E-state index contributed by atoms with van der Waals surface area (Å²) in [6, 6.07) is 0. The molecule has 0 amide bonds. The number of hydrogen-bond acceptors (Lipinski definition) is 4. The first-order valence-corrected chi connectivity index (χ1v) is 6.25. The number of rotatable bonds is 4. The molecular weight excluding hydrogens is 226 g/mol. The van der Waals surface area contributed by atoms with E-state index in [0.717, 1.165) is 41.4 Å². The molecule has 1 N–H and O–H groups in total. The molecule has 1 aromatic rings. The highest BCUT2D eigenvalue weighted by Gasteiger charge is 2.19. The van der Waals surface area contributed by atoms with Crippen molar-refractivity contribution >= 4 is 17.3 Å². The molecule has 16 heavy (non-hydrogen) atoms. The quantitative estimate of drug-likeness (QED) is 0.873. The van der Waals surface area contributed by atoms with Crippen molar-refractivity contribution in [3.05, 3.63) is 15.6 Å². The van der Waals surface area contributed by atoms with E-state index in [-0.39, 0.29) is 12.5 Å². The highest BCUT2D eigenvalue weighted by Crippen LogP contribution is 2.23. The summed E-state index contributed by atoms with van der Waals surface area (Å²) in [5, 5.41) is 9.74. The largest absolute Gasteiger partial charge is 0.481 e. The standard InChI is InChI=1S/C11H15NO3S/c1-7-9(6-11(13)14)16-10(12-7)5-8-3-2-4-15-8/h8H,2-6H2,1H3,(H,13,14). The lowest BCUT2D eigenvalue weighted by molar-refractivity contribution is -0.136. The van der Waals surface area contributed by atoms with Gasteiger partial charge in [0, 0.05) is 17.9 Å². The van der Waals surface area contributed by atoms with Crippen LogP contribution >= 0.6 is 11.3 Å². The topological polar surface area (TPSA) is 59.4 Å².